The number of anilines is 1. The Morgan fingerprint density at radius 3 is 2.25 bits per heavy atom. The highest BCUT2D eigenvalue weighted by molar-refractivity contribution is 7.80. The van der Waals surface area contributed by atoms with Crippen LogP contribution in [0.4, 0.5) is 5.69 Å². The molecule has 0 amide bonds. The van der Waals surface area contributed by atoms with E-state index in [2.05, 4.69) is 10.6 Å². The normalized spacial score (nSPS) is 11.9. The first-order valence-electron chi connectivity index (χ1n) is 10.1. The van der Waals surface area contributed by atoms with Crippen LogP contribution in [-0.4, -0.2) is 37.4 Å². The predicted molar refractivity (Wildman–Crippen MR) is 127 cm³/mol. The number of carbonyl (C=O) groups is 2. The van der Waals surface area contributed by atoms with Gasteiger partial charge in [0.25, 0.3) is 0 Å². The molecule has 0 fully saturated rings. The Balaban J connectivity index is 1.45. The molecule has 0 spiro atoms. The number of thiocarbonyl (C=S) groups is 1. The molecule has 3 aromatic carbocycles. The molecule has 1 aliphatic carbocycles. The van der Waals surface area contributed by atoms with Gasteiger partial charge in [-0.05, 0) is 42.4 Å². The van der Waals surface area contributed by atoms with Crippen molar-refractivity contribution in [3.63, 3.8) is 0 Å². The largest absolute Gasteiger partial charge is 0.493 e. The third-order valence-electron chi connectivity index (χ3n) is 5.35. The van der Waals surface area contributed by atoms with E-state index in [9.17, 15) is 9.59 Å². The summed E-state index contributed by atoms with van der Waals surface area (Å²) in [4.78, 5) is 26.0. The van der Waals surface area contributed by atoms with Crippen LogP contribution in [0.3, 0.4) is 0 Å². The Labute approximate surface area is 191 Å². The third-order valence-corrected chi connectivity index (χ3v) is 5.59. The summed E-state index contributed by atoms with van der Waals surface area (Å²) in [6.07, 6.45) is 0.708. The lowest BCUT2D eigenvalue weighted by Gasteiger charge is -2.21. The molecular weight excluding hydrogens is 424 g/mol. The van der Waals surface area contributed by atoms with Gasteiger partial charge in [-0.3, -0.25) is 9.59 Å². The van der Waals surface area contributed by atoms with Gasteiger partial charge in [0.1, 0.15) is 0 Å². The number of ketones is 2. The van der Waals surface area contributed by atoms with E-state index in [1.54, 1.807) is 56.7 Å². The average molecular weight is 447 g/mol. The molecule has 0 aromatic heterocycles. The predicted octanol–water partition coefficient (Wildman–Crippen LogP) is 4.01. The van der Waals surface area contributed by atoms with Crippen LogP contribution >= 0.6 is 12.2 Å². The molecule has 0 unspecified atom stereocenters. The number of nitrogens with one attached hydrogen (secondary N) is 2. The molecule has 0 aliphatic heterocycles. The first-order valence-corrected chi connectivity index (χ1v) is 10.5. The molecular formula is C25H22N2O4S. The smallest absolute Gasteiger partial charge is 0.196 e. The highest BCUT2D eigenvalue weighted by Gasteiger charge is 2.31. The molecule has 0 bridgehead atoms. The van der Waals surface area contributed by atoms with E-state index < -0.39 is 0 Å². The average Bonchev–Trinajstić information content (AvgIpc) is 2.82. The number of hydrogen-bond donors (Lipinski definition) is 2. The maximum absolute atomic E-state index is 13.1. The molecule has 2 N–H and O–H groups in total. The summed E-state index contributed by atoms with van der Waals surface area (Å²) in [5.74, 6) is 0.999. The van der Waals surface area contributed by atoms with E-state index in [0.717, 1.165) is 5.56 Å². The number of benzene rings is 3. The van der Waals surface area contributed by atoms with Crippen molar-refractivity contribution in [2.24, 2.45) is 0 Å². The molecule has 3 aromatic rings. The van der Waals surface area contributed by atoms with E-state index in [4.69, 9.17) is 21.7 Å². The first kappa shape index (κ1) is 21.5. The lowest BCUT2D eigenvalue weighted by molar-refractivity contribution is 0.0979. The fourth-order valence-electron chi connectivity index (χ4n) is 3.77. The van der Waals surface area contributed by atoms with Gasteiger partial charge in [-0.2, -0.15) is 0 Å². The van der Waals surface area contributed by atoms with Gasteiger partial charge in [0, 0.05) is 23.2 Å². The van der Waals surface area contributed by atoms with Crippen molar-refractivity contribution in [2.45, 2.75) is 6.42 Å². The maximum atomic E-state index is 13.1. The SMILES string of the molecule is COc1ccc(CCNC(=S)Nc2cccc3c2C(=O)c2ccccc2C3=O)cc1OC. The molecule has 162 valence electrons. The van der Waals surface area contributed by atoms with Crippen molar-refractivity contribution >= 4 is 34.6 Å². The van der Waals surface area contributed by atoms with Crippen LogP contribution in [0.2, 0.25) is 0 Å². The number of hydrogen-bond acceptors (Lipinski definition) is 5. The van der Waals surface area contributed by atoms with E-state index >= 15 is 0 Å². The molecule has 7 heteroatoms. The van der Waals surface area contributed by atoms with Crippen LogP contribution in [0.25, 0.3) is 0 Å². The molecule has 4 rings (SSSR count). The van der Waals surface area contributed by atoms with Gasteiger partial charge in [-0.15, -0.1) is 0 Å². The van der Waals surface area contributed by atoms with Crippen molar-refractivity contribution in [1.29, 1.82) is 0 Å². The Morgan fingerprint density at radius 2 is 1.53 bits per heavy atom. The Morgan fingerprint density at radius 1 is 0.844 bits per heavy atom. The van der Waals surface area contributed by atoms with Crippen LogP contribution in [0, 0.1) is 0 Å². The van der Waals surface area contributed by atoms with Crippen LogP contribution < -0.4 is 20.1 Å². The molecule has 1 aliphatic rings. The number of fused-ring (bicyclic) bond motifs is 2. The molecule has 0 saturated heterocycles. The fourth-order valence-corrected chi connectivity index (χ4v) is 3.98. The van der Waals surface area contributed by atoms with Gasteiger partial charge in [-0.25, -0.2) is 0 Å². The lowest BCUT2D eigenvalue weighted by Crippen LogP contribution is -2.31. The van der Waals surface area contributed by atoms with Crippen LogP contribution in [0.15, 0.2) is 60.7 Å². The van der Waals surface area contributed by atoms with Crippen molar-refractivity contribution in [1.82, 2.24) is 5.32 Å². The van der Waals surface area contributed by atoms with Crippen molar-refractivity contribution in [2.75, 3.05) is 26.1 Å². The molecule has 0 atom stereocenters. The van der Waals surface area contributed by atoms with E-state index in [0.29, 0.717) is 57.5 Å². The van der Waals surface area contributed by atoms with Gasteiger partial charge < -0.3 is 20.1 Å². The van der Waals surface area contributed by atoms with Gasteiger partial charge in [0.05, 0.1) is 25.5 Å². The number of rotatable bonds is 6. The summed E-state index contributed by atoms with van der Waals surface area (Å²) in [6.45, 7) is 0.575. The summed E-state index contributed by atoms with van der Waals surface area (Å²) < 4.78 is 10.6. The summed E-state index contributed by atoms with van der Waals surface area (Å²) in [7, 11) is 3.20. The molecule has 6 nitrogen and oxygen atoms in total. The van der Waals surface area contributed by atoms with E-state index in [-0.39, 0.29) is 11.6 Å². The zero-order valence-corrected chi connectivity index (χ0v) is 18.5. The second-order valence-electron chi connectivity index (χ2n) is 7.25. The van der Waals surface area contributed by atoms with Gasteiger partial charge in [-0.1, -0.05) is 42.5 Å². The summed E-state index contributed by atoms with van der Waals surface area (Å²) in [5.41, 5.74) is 3.14. The van der Waals surface area contributed by atoms with Gasteiger partial charge in [0.15, 0.2) is 28.2 Å². The number of carbonyl (C=O) groups excluding carboxylic acids is 2. The van der Waals surface area contributed by atoms with E-state index in [1.807, 2.05) is 18.2 Å². The molecule has 0 radical (unpaired) electrons. The molecule has 0 saturated carbocycles. The van der Waals surface area contributed by atoms with Gasteiger partial charge in [0.2, 0.25) is 0 Å². The van der Waals surface area contributed by atoms with Crippen LogP contribution in [0.5, 0.6) is 11.5 Å². The molecule has 32 heavy (non-hydrogen) atoms. The zero-order chi connectivity index (χ0) is 22.7. The van der Waals surface area contributed by atoms with Crippen molar-refractivity contribution < 1.29 is 19.1 Å². The zero-order valence-electron chi connectivity index (χ0n) is 17.7. The molecule has 0 heterocycles. The topological polar surface area (TPSA) is 76.7 Å². The first-order chi connectivity index (χ1) is 15.5. The van der Waals surface area contributed by atoms with Gasteiger partial charge >= 0.3 is 0 Å². The Hall–Kier alpha value is -3.71. The quantitative estimate of drug-likeness (QED) is 0.434. The van der Waals surface area contributed by atoms with E-state index in [1.165, 1.54) is 0 Å². The highest BCUT2D eigenvalue weighted by Crippen LogP contribution is 2.32. The lowest BCUT2D eigenvalue weighted by atomic mass is 9.83. The minimum atomic E-state index is -0.188. The standard InChI is InChI=1S/C25H22N2O4S/c1-30-20-11-10-15(14-21(20)31-2)12-13-26-25(32)27-19-9-5-8-18-22(19)24(29)17-7-4-3-6-16(17)23(18)28/h3-11,14H,12-13H2,1-2H3,(H2,26,27,32). The van der Waals surface area contributed by atoms with Crippen LogP contribution in [-0.2, 0) is 6.42 Å². The maximum Gasteiger partial charge on any atom is 0.196 e. The second-order valence-corrected chi connectivity index (χ2v) is 7.66. The summed E-state index contributed by atoms with van der Waals surface area (Å²) in [6, 6.07) is 17.8. The second kappa shape index (κ2) is 9.20. The number of methoxy groups -OCH3 is 2. The van der Waals surface area contributed by atoms with Crippen molar-refractivity contribution in [3.8, 4) is 11.5 Å². The highest BCUT2D eigenvalue weighted by atomic mass is 32.1. The number of ether oxygens (including phenoxy) is 2. The Bertz CT molecular complexity index is 1220. The summed E-state index contributed by atoms with van der Waals surface area (Å²) in [5, 5.41) is 6.60. The third kappa shape index (κ3) is 4.07. The monoisotopic (exact) mass is 446 g/mol. The van der Waals surface area contributed by atoms with Crippen molar-refractivity contribution in [3.05, 3.63) is 88.5 Å². The minimum absolute atomic E-state index is 0.161. The fraction of sp³-hybridized carbons (Fsp3) is 0.160. The van der Waals surface area contributed by atoms with Crippen LogP contribution in [0.1, 0.15) is 37.4 Å². The Kier molecular flexibility index (Phi) is 6.18. The minimum Gasteiger partial charge on any atom is -0.493 e. The summed E-state index contributed by atoms with van der Waals surface area (Å²) >= 11 is 5.43.